The van der Waals surface area contributed by atoms with Crippen molar-refractivity contribution < 1.29 is 23.2 Å². The molecular formula is C32H20Cl5F2NO3. The van der Waals surface area contributed by atoms with Gasteiger partial charge in [-0.05, 0) is 47.5 Å². The highest BCUT2D eigenvalue weighted by molar-refractivity contribution is 6.53. The lowest BCUT2D eigenvalue weighted by Crippen LogP contribution is -2.17. The highest BCUT2D eigenvalue weighted by Crippen LogP contribution is 2.65. The van der Waals surface area contributed by atoms with Gasteiger partial charge in [0.1, 0.15) is 16.0 Å². The average molecular weight is 682 g/mol. The van der Waals surface area contributed by atoms with Crippen molar-refractivity contribution in [3.05, 3.63) is 133 Å². The average Bonchev–Trinajstić information content (AvgIpc) is 3.57. The lowest BCUT2D eigenvalue weighted by Gasteiger charge is -2.11. The van der Waals surface area contributed by atoms with Crippen LogP contribution >= 0.6 is 58.0 Å². The topological polar surface area (TPSA) is 63.2 Å². The fourth-order valence-electron chi connectivity index (χ4n) is 4.91. The maximum Gasteiger partial charge on any atom is 0.231 e. The number of amides is 1. The van der Waals surface area contributed by atoms with E-state index in [0.717, 1.165) is 12.1 Å². The second-order valence-corrected chi connectivity index (χ2v) is 12.7. The third-order valence-corrected chi connectivity index (χ3v) is 9.23. The molecule has 1 aliphatic rings. The first kappa shape index (κ1) is 31.4. The molecule has 2 atom stereocenters. The van der Waals surface area contributed by atoms with Gasteiger partial charge in [-0.25, -0.2) is 8.78 Å². The summed E-state index contributed by atoms with van der Waals surface area (Å²) in [6.45, 7) is 0. The summed E-state index contributed by atoms with van der Waals surface area (Å²) in [5.74, 6) is -4.81. The molecule has 220 valence electrons. The predicted octanol–water partition coefficient (Wildman–Crippen LogP) is 9.30. The van der Waals surface area contributed by atoms with Gasteiger partial charge >= 0.3 is 0 Å². The van der Waals surface area contributed by atoms with E-state index >= 15 is 4.39 Å². The second-order valence-electron chi connectivity index (χ2n) is 10.1. The van der Waals surface area contributed by atoms with Gasteiger partial charge in [0.2, 0.25) is 5.91 Å². The highest BCUT2D eigenvalue weighted by Gasteiger charge is 2.67. The fourth-order valence-corrected chi connectivity index (χ4v) is 6.27. The first-order chi connectivity index (χ1) is 20.4. The van der Waals surface area contributed by atoms with Gasteiger partial charge in [0.05, 0.1) is 21.0 Å². The minimum Gasteiger partial charge on any atom is -0.326 e. The van der Waals surface area contributed by atoms with E-state index in [2.05, 4.69) is 5.32 Å². The van der Waals surface area contributed by atoms with Crippen molar-refractivity contribution in [2.75, 3.05) is 5.32 Å². The number of ketones is 2. The molecule has 0 spiro atoms. The molecule has 1 amide bonds. The Morgan fingerprint density at radius 3 is 2.16 bits per heavy atom. The Morgan fingerprint density at radius 2 is 1.47 bits per heavy atom. The number of hydrogen-bond donors (Lipinski definition) is 1. The van der Waals surface area contributed by atoms with Crippen molar-refractivity contribution in [1.82, 2.24) is 0 Å². The third kappa shape index (κ3) is 6.59. The van der Waals surface area contributed by atoms with Gasteiger partial charge in [-0.1, -0.05) is 77.3 Å². The van der Waals surface area contributed by atoms with E-state index in [0.29, 0.717) is 21.2 Å². The van der Waals surface area contributed by atoms with Crippen LogP contribution in [-0.2, 0) is 17.6 Å². The number of carbonyl (C=O) groups excluding carboxylic acids is 3. The molecule has 4 aromatic rings. The lowest BCUT2D eigenvalue weighted by molar-refractivity contribution is -0.117. The molecule has 0 radical (unpaired) electrons. The van der Waals surface area contributed by atoms with Crippen molar-refractivity contribution in [3.63, 3.8) is 0 Å². The molecule has 0 aromatic heterocycles. The highest BCUT2D eigenvalue weighted by atomic mass is 35.5. The largest absolute Gasteiger partial charge is 0.326 e. The van der Waals surface area contributed by atoms with Gasteiger partial charge < -0.3 is 5.32 Å². The lowest BCUT2D eigenvalue weighted by atomic mass is 9.96. The Kier molecular flexibility index (Phi) is 9.17. The number of rotatable bonds is 9. The number of halogens is 7. The Balaban J connectivity index is 1.31. The smallest absolute Gasteiger partial charge is 0.231 e. The van der Waals surface area contributed by atoms with E-state index in [1.165, 1.54) is 18.2 Å². The van der Waals surface area contributed by atoms with Crippen molar-refractivity contribution in [3.8, 4) is 0 Å². The number of nitrogens with one attached hydrogen (secondary N) is 1. The number of hydrogen-bond acceptors (Lipinski definition) is 3. The number of anilines is 1. The summed E-state index contributed by atoms with van der Waals surface area (Å²) in [6, 6.07) is 19.4. The summed E-state index contributed by atoms with van der Waals surface area (Å²) in [5, 5.41) is 3.40. The van der Waals surface area contributed by atoms with Gasteiger partial charge in [0, 0.05) is 41.1 Å². The van der Waals surface area contributed by atoms with Gasteiger partial charge in [-0.2, -0.15) is 0 Å². The van der Waals surface area contributed by atoms with Crippen molar-refractivity contribution >= 4 is 81.2 Å². The van der Waals surface area contributed by atoms with E-state index in [9.17, 15) is 18.8 Å². The van der Waals surface area contributed by atoms with Crippen LogP contribution in [0.1, 0.15) is 43.3 Å². The quantitative estimate of drug-likeness (QED) is 0.142. The summed E-state index contributed by atoms with van der Waals surface area (Å²) in [4.78, 5) is 38.9. The molecule has 0 bridgehead atoms. The predicted molar refractivity (Wildman–Crippen MR) is 166 cm³/mol. The third-order valence-electron chi connectivity index (χ3n) is 7.22. The van der Waals surface area contributed by atoms with Gasteiger partial charge in [0.15, 0.2) is 11.6 Å². The number of Topliss-reactive ketones (excluding diaryl/α,β-unsaturated/α-hetero) is 2. The zero-order chi connectivity index (χ0) is 31.1. The Bertz CT molecular complexity index is 1760. The molecule has 4 aromatic carbocycles. The first-order valence-corrected chi connectivity index (χ1v) is 14.8. The molecule has 43 heavy (non-hydrogen) atoms. The Morgan fingerprint density at radius 1 is 0.767 bits per heavy atom. The maximum atomic E-state index is 15.4. The van der Waals surface area contributed by atoms with Crippen molar-refractivity contribution in [1.29, 1.82) is 0 Å². The monoisotopic (exact) mass is 679 g/mol. The summed E-state index contributed by atoms with van der Waals surface area (Å²) in [7, 11) is 0. The van der Waals surface area contributed by atoms with Crippen LogP contribution in [0, 0.1) is 17.6 Å². The molecule has 1 saturated carbocycles. The zero-order valence-corrected chi connectivity index (χ0v) is 25.7. The number of benzene rings is 4. The number of carbonyl (C=O) groups is 3. The first-order valence-electron chi connectivity index (χ1n) is 12.9. The molecule has 0 aliphatic heterocycles. The van der Waals surface area contributed by atoms with Gasteiger partial charge in [-0.3, -0.25) is 14.4 Å². The second kappa shape index (κ2) is 12.5. The number of alkyl halides is 2. The molecule has 11 heteroatoms. The maximum absolute atomic E-state index is 15.4. The van der Waals surface area contributed by atoms with Crippen LogP contribution in [0.15, 0.2) is 78.9 Å². The molecule has 5 rings (SSSR count). The molecular weight excluding hydrogens is 662 g/mol. The molecule has 0 heterocycles. The van der Waals surface area contributed by atoms with E-state index in [-0.39, 0.29) is 21.8 Å². The van der Waals surface area contributed by atoms with Crippen LogP contribution in [0.2, 0.25) is 15.1 Å². The molecule has 1 N–H and O–H groups in total. The summed E-state index contributed by atoms with van der Waals surface area (Å²) in [5.41, 5.74) is 0.642. The minimum absolute atomic E-state index is 0.00458. The van der Waals surface area contributed by atoms with Crippen LogP contribution < -0.4 is 5.32 Å². The van der Waals surface area contributed by atoms with Gasteiger partial charge in [-0.15, -0.1) is 23.2 Å². The molecule has 0 saturated heterocycles. The van der Waals surface area contributed by atoms with Crippen LogP contribution in [0.4, 0.5) is 14.5 Å². The Hall–Kier alpha value is -3.00. The van der Waals surface area contributed by atoms with E-state index in [1.807, 2.05) is 0 Å². The normalized spacial score (nSPS) is 16.9. The molecule has 4 nitrogen and oxygen atoms in total. The summed E-state index contributed by atoms with van der Waals surface area (Å²) in [6.07, 6.45) is -0.983. The molecule has 1 fully saturated rings. The standard InChI is InChI=1S/C32H20Cl5F2NO3/c33-22-10-8-19(40-31(43)29-28(32(29,36)37)17-6-9-23(34)24(35)12-17)14-20(22)27(42)13-18-7-11-25(38)21(30(18)39)15-26(41)16-4-2-1-3-5-16/h1-12,14,28-29H,13,15H2,(H,40,43)/t28-,29+/m0/s1. The SMILES string of the molecule is O=C(Cc1c(F)ccc(CC(=O)c2cc(NC(=O)[C@H]3[C@H](c4ccc(Cl)c(Cl)c4)C3(Cl)Cl)ccc2Cl)c1F)c1ccccc1. The summed E-state index contributed by atoms with van der Waals surface area (Å²) < 4.78 is 28.5. The minimum atomic E-state index is -1.40. The van der Waals surface area contributed by atoms with Crippen LogP contribution in [0.5, 0.6) is 0 Å². The Labute approximate surface area is 270 Å². The zero-order valence-electron chi connectivity index (χ0n) is 21.9. The van der Waals surface area contributed by atoms with Crippen molar-refractivity contribution in [2.24, 2.45) is 5.92 Å². The van der Waals surface area contributed by atoms with Crippen molar-refractivity contribution in [2.45, 2.75) is 23.1 Å². The fraction of sp³-hybridized carbons (Fsp3) is 0.156. The van der Waals surface area contributed by atoms with E-state index in [4.69, 9.17) is 58.0 Å². The van der Waals surface area contributed by atoms with E-state index < -0.39 is 63.7 Å². The summed E-state index contributed by atoms with van der Waals surface area (Å²) >= 11 is 31.2. The van der Waals surface area contributed by atoms with Crippen LogP contribution in [0.3, 0.4) is 0 Å². The van der Waals surface area contributed by atoms with Crippen LogP contribution in [-0.4, -0.2) is 21.8 Å². The van der Waals surface area contributed by atoms with Crippen LogP contribution in [0.25, 0.3) is 0 Å². The molecule has 1 aliphatic carbocycles. The van der Waals surface area contributed by atoms with E-state index in [1.54, 1.807) is 48.5 Å². The van der Waals surface area contributed by atoms with Gasteiger partial charge in [0.25, 0.3) is 0 Å². The molecule has 0 unspecified atom stereocenters.